The maximum atomic E-state index is 12.3. The standard InChI is InChI=1S/C25H33N3O/c1-6-9-10-16-27-24(26)17-20(5)19(4)12-13-21(8-3)18-22(11-7-2)25(29)28-23-14-15-23/h2,10-13,16-18,23H,4,6,8-9,14-15H2,1,3,5H3,(H2,26,27)(H,28,29)/b13-12+,16-10+,20-17+,21-18+,22-11+. The summed E-state index contributed by atoms with van der Waals surface area (Å²) in [6.45, 7) is 10.2. The molecule has 0 aromatic heterocycles. The second kappa shape index (κ2) is 13.2. The molecule has 1 aliphatic rings. The van der Waals surface area contributed by atoms with E-state index in [4.69, 9.17) is 12.2 Å². The summed E-state index contributed by atoms with van der Waals surface area (Å²) in [4.78, 5) is 16.5. The molecule has 0 bridgehead atoms. The van der Waals surface area contributed by atoms with Gasteiger partial charge in [0.25, 0.3) is 5.91 Å². The van der Waals surface area contributed by atoms with Gasteiger partial charge >= 0.3 is 0 Å². The second-order valence-corrected chi connectivity index (χ2v) is 7.00. The largest absolute Gasteiger partial charge is 0.384 e. The zero-order valence-corrected chi connectivity index (χ0v) is 17.9. The fourth-order valence-corrected chi connectivity index (χ4v) is 2.30. The summed E-state index contributed by atoms with van der Waals surface area (Å²) in [5, 5.41) is 2.97. The van der Waals surface area contributed by atoms with Crippen LogP contribution in [0.3, 0.4) is 0 Å². The number of rotatable bonds is 11. The number of hydrogen-bond donors (Lipinski definition) is 2. The average molecular weight is 392 g/mol. The van der Waals surface area contributed by atoms with E-state index in [1.807, 2.05) is 38.2 Å². The maximum Gasteiger partial charge on any atom is 0.252 e. The van der Waals surface area contributed by atoms with Crippen LogP contribution in [0.1, 0.15) is 52.9 Å². The van der Waals surface area contributed by atoms with Crippen molar-refractivity contribution in [2.45, 2.75) is 58.9 Å². The van der Waals surface area contributed by atoms with Crippen LogP contribution in [0.5, 0.6) is 0 Å². The van der Waals surface area contributed by atoms with Crippen molar-refractivity contribution in [1.29, 1.82) is 0 Å². The molecular formula is C25H33N3O. The van der Waals surface area contributed by atoms with Crippen LogP contribution in [-0.4, -0.2) is 17.8 Å². The Balaban J connectivity index is 2.84. The summed E-state index contributed by atoms with van der Waals surface area (Å²) >= 11 is 0. The zero-order chi connectivity index (χ0) is 21.6. The third-order valence-electron chi connectivity index (χ3n) is 4.32. The molecule has 1 saturated carbocycles. The van der Waals surface area contributed by atoms with Gasteiger partial charge in [-0.1, -0.05) is 51.0 Å². The molecule has 0 spiro atoms. The van der Waals surface area contributed by atoms with Crippen molar-refractivity contribution >= 4 is 11.7 Å². The Hall–Kier alpha value is -3.06. The molecule has 0 atom stereocenters. The number of amides is 1. The van der Waals surface area contributed by atoms with Gasteiger partial charge in [-0.15, -0.1) is 6.42 Å². The molecule has 0 aromatic carbocycles. The Morgan fingerprint density at radius 2 is 2.03 bits per heavy atom. The number of amidine groups is 1. The van der Waals surface area contributed by atoms with Gasteiger partial charge in [0.15, 0.2) is 0 Å². The van der Waals surface area contributed by atoms with Gasteiger partial charge in [-0.05, 0) is 61.5 Å². The summed E-state index contributed by atoms with van der Waals surface area (Å²) in [5.41, 5.74) is 9.15. The molecule has 3 N–H and O–H groups in total. The highest BCUT2D eigenvalue weighted by molar-refractivity contribution is 5.97. The van der Waals surface area contributed by atoms with Gasteiger partial charge in [0.1, 0.15) is 5.84 Å². The van der Waals surface area contributed by atoms with Gasteiger partial charge in [0.2, 0.25) is 0 Å². The first-order valence-corrected chi connectivity index (χ1v) is 10.1. The Kier molecular flexibility index (Phi) is 10.9. The monoisotopic (exact) mass is 391 g/mol. The number of carbonyl (C=O) groups excluding carboxylic acids is 1. The maximum absolute atomic E-state index is 12.3. The number of nitrogens with zero attached hydrogens (tertiary/aromatic N) is 1. The second-order valence-electron chi connectivity index (χ2n) is 7.00. The number of aliphatic imine (C=N–C) groups is 1. The molecule has 1 fully saturated rings. The average Bonchev–Trinajstić information content (AvgIpc) is 3.51. The van der Waals surface area contributed by atoms with Crippen LogP contribution in [0.2, 0.25) is 0 Å². The fraction of sp³-hybridized carbons (Fsp3) is 0.360. The van der Waals surface area contributed by atoms with Gasteiger partial charge in [0.05, 0.1) is 0 Å². The Morgan fingerprint density at radius 1 is 1.31 bits per heavy atom. The Labute approximate surface area is 175 Å². The molecule has 1 amide bonds. The van der Waals surface area contributed by atoms with Crippen molar-refractivity contribution in [3.05, 3.63) is 71.5 Å². The van der Waals surface area contributed by atoms with Crippen LogP contribution in [0.25, 0.3) is 0 Å². The van der Waals surface area contributed by atoms with Gasteiger partial charge in [-0.25, -0.2) is 4.99 Å². The van der Waals surface area contributed by atoms with Crippen LogP contribution in [0.4, 0.5) is 0 Å². The molecule has 0 aromatic rings. The molecule has 1 rings (SSSR count). The summed E-state index contributed by atoms with van der Waals surface area (Å²) < 4.78 is 0. The summed E-state index contributed by atoms with van der Waals surface area (Å²) in [5.74, 6) is 2.76. The SMILES string of the molecule is C#C\C=C(/C=C(/C=C/C(=C)/C(C)=C/C(N)=N\C=C\CCC)CC)C(=O)NC1CC1. The van der Waals surface area contributed by atoms with E-state index in [1.54, 1.807) is 12.3 Å². The first-order chi connectivity index (χ1) is 13.9. The number of unbranched alkanes of at least 4 members (excludes halogenated alkanes) is 1. The van der Waals surface area contributed by atoms with Gasteiger partial charge in [0, 0.05) is 23.9 Å². The van der Waals surface area contributed by atoms with Crippen LogP contribution in [0, 0.1) is 12.3 Å². The molecule has 1 aliphatic carbocycles. The van der Waals surface area contributed by atoms with Crippen LogP contribution in [-0.2, 0) is 4.79 Å². The van der Waals surface area contributed by atoms with E-state index in [0.717, 1.165) is 48.8 Å². The van der Waals surface area contributed by atoms with E-state index < -0.39 is 0 Å². The van der Waals surface area contributed by atoms with Crippen LogP contribution < -0.4 is 11.1 Å². The molecule has 0 radical (unpaired) electrons. The molecular weight excluding hydrogens is 358 g/mol. The van der Waals surface area contributed by atoms with Crippen LogP contribution in [0.15, 0.2) is 76.5 Å². The number of terminal acetylenes is 1. The quantitative estimate of drug-likeness (QED) is 0.173. The predicted molar refractivity (Wildman–Crippen MR) is 124 cm³/mol. The van der Waals surface area contributed by atoms with E-state index in [-0.39, 0.29) is 11.9 Å². The van der Waals surface area contributed by atoms with E-state index in [0.29, 0.717) is 11.4 Å². The smallest absolute Gasteiger partial charge is 0.252 e. The highest BCUT2D eigenvalue weighted by atomic mass is 16.1. The predicted octanol–water partition coefficient (Wildman–Crippen LogP) is 4.89. The van der Waals surface area contributed by atoms with Crippen molar-refractivity contribution in [1.82, 2.24) is 5.32 Å². The van der Waals surface area contributed by atoms with Crippen LogP contribution >= 0.6 is 0 Å². The third-order valence-corrected chi connectivity index (χ3v) is 4.32. The molecule has 29 heavy (non-hydrogen) atoms. The topological polar surface area (TPSA) is 67.5 Å². The highest BCUT2D eigenvalue weighted by Crippen LogP contribution is 2.20. The number of nitrogens with two attached hydrogens (primary N) is 1. The van der Waals surface area contributed by atoms with Gasteiger partial charge in [-0.2, -0.15) is 0 Å². The lowest BCUT2D eigenvalue weighted by molar-refractivity contribution is -0.117. The molecule has 4 heteroatoms. The lowest BCUT2D eigenvalue weighted by Gasteiger charge is -2.06. The van der Waals surface area contributed by atoms with Crippen molar-refractivity contribution in [2.75, 3.05) is 0 Å². The Morgan fingerprint density at radius 3 is 2.62 bits per heavy atom. The van der Waals surface area contributed by atoms with Crippen molar-refractivity contribution in [3.63, 3.8) is 0 Å². The number of carbonyl (C=O) groups is 1. The molecule has 0 unspecified atom stereocenters. The van der Waals surface area contributed by atoms with Crippen molar-refractivity contribution < 1.29 is 4.79 Å². The van der Waals surface area contributed by atoms with Gasteiger partial charge < -0.3 is 11.1 Å². The Bertz CT molecular complexity index is 809. The zero-order valence-electron chi connectivity index (χ0n) is 17.9. The lowest BCUT2D eigenvalue weighted by Crippen LogP contribution is -2.26. The third kappa shape index (κ3) is 10.2. The van der Waals surface area contributed by atoms with Crippen molar-refractivity contribution in [2.24, 2.45) is 10.7 Å². The van der Waals surface area contributed by atoms with Crippen molar-refractivity contribution in [3.8, 4) is 12.3 Å². The minimum Gasteiger partial charge on any atom is -0.384 e. The van der Waals surface area contributed by atoms with E-state index in [1.165, 1.54) is 6.08 Å². The molecule has 4 nitrogen and oxygen atoms in total. The van der Waals surface area contributed by atoms with E-state index in [9.17, 15) is 4.79 Å². The van der Waals surface area contributed by atoms with Gasteiger partial charge in [-0.3, -0.25) is 4.79 Å². The summed E-state index contributed by atoms with van der Waals surface area (Å²) in [6, 6.07) is 0.286. The minimum atomic E-state index is -0.125. The number of hydrogen-bond acceptors (Lipinski definition) is 2. The normalized spacial score (nSPS) is 16.3. The first-order valence-electron chi connectivity index (χ1n) is 10.1. The molecule has 0 heterocycles. The summed E-state index contributed by atoms with van der Waals surface area (Å²) in [6.07, 6.45) is 23.0. The minimum absolute atomic E-state index is 0.125. The molecule has 0 saturated heterocycles. The molecule has 0 aliphatic heterocycles. The van der Waals surface area contributed by atoms with E-state index >= 15 is 0 Å². The molecule has 154 valence electrons. The lowest BCUT2D eigenvalue weighted by atomic mass is 10.0. The van der Waals surface area contributed by atoms with E-state index in [2.05, 4.69) is 29.7 Å². The fourth-order valence-electron chi connectivity index (χ4n) is 2.30. The number of nitrogens with one attached hydrogen (secondary N) is 1. The summed E-state index contributed by atoms with van der Waals surface area (Å²) in [7, 11) is 0. The number of allylic oxidation sites excluding steroid dienone is 7. The first kappa shape index (κ1) is 24.0. The highest BCUT2D eigenvalue weighted by Gasteiger charge is 2.24.